The van der Waals surface area contributed by atoms with Crippen molar-refractivity contribution in [2.24, 2.45) is 0 Å². The van der Waals surface area contributed by atoms with E-state index in [1.807, 2.05) is 0 Å². The molecule has 8 nitrogen and oxygen atoms in total. The van der Waals surface area contributed by atoms with Crippen LogP contribution in [-0.2, 0) is 0 Å². The van der Waals surface area contributed by atoms with Gasteiger partial charge in [0.15, 0.2) is 0 Å². The molecule has 0 radical (unpaired) electrons. The van der Waals surface area contributed by atoms with Gasteiger partial charge in [-0.2, -0.15) is 0 Å². The Balaban J connectivity index is 1.72. The van der Waals surface area contributed by atoms with Crippen LogP contribution in [0, 0.1) is 10.1 Å². The first-order valence-electron chi connectivity index (χ1n) is 7.28. The summed E-state index contributed by atoms with van der Waals surface area (Å²) in [5.74, 6) is -0.165. The molecule has 1 amide bonds. The molecule has 0 bridgehead atoms. The Bertz CT molecular complexity index is 924. The highest BCUT2D eigenvalue weighted by Gasteiger charge is 2.10. The van der Waals surface area contributed by atoms with Gasteiger partial charge in [0.2, 0.25) is 5.95 Å². The number of nitro groups is 1. The van der Waals surface area contributed by atoms with Crippen molar-refractivity contribution in [3.8, 4) is 11.3 Å². The lowest BCUT2D eigenvalue weighted by molar-refractivity contribution is -0.384. The van der Waals surface area contributed by atoms with Crippen molar-refractivity contribution in [2.75, 3.05) is 11.1 Å². The number of nitrogens with zero attached hydrogens (tertiary/aromatic N) is 3. The number of carbonyl (C=O) groups excluding carboxylic acids is 1. The van der Waals surface area contributed by atoms with Crippen molar-refractivity contribution >= 4 is 23.2 Å². The molecule has 0 unspecified atom stereocenters. The van der Waals surface area contributed by atoms with E-state index >= 15 is 0 Å². The van der Waals surface area contributed by atoms with Crippen molar-refractivity contribution in [2.45, 2.75) is 0 Å². The quantitative estimate of drug-likeness (QED) is 0.558. The zero-order valence-electron chi connectivity index (χ0n) is 12.9. The van der Waals surface area contributed by atoms with Gasteiger partial charge in [-0.1, -0.05) is 12.1 Å². The van der Waals surface area contributed by atoms with Gasteiger partial charge in [0.25, 0.3) is 11.6 Å². The van der Waals surface area contributed by atoms with Crippen molar-refractivity contribution in [1.82, 2.24) is 9.97 Å². The molecule has 0 aliphatic rings. The van der Waals surface area contributed by atoms with Crippen molar-refractivity contribution in [3.05, 3.63) is 76.5 Å². The summed E-state index contributed by atoms with van der Waals surface area (Å²) >= 11 is 0. The molecule has 1 aromatic heterocycles. The van der Waals surface area contributed by atoms with Gasteiger partial charge in [0.1, 0.15) is 0 Å². The highest BCUT2D eigenvalue weighted by Crippen LogP contribution is 2.20. The topological polar surface area (TPSA) is 124 Å². The van der Waals surface area contributed by atoms with Crippen LogP contribution >= 0.6 is 0 Å². The lowest BCUT2D eigenvalue weighted by Crippen LogP contribution is -2.11. The number of hydrogen-bond donors (Lipinski definition) is 2. The minimum absolute atomic E-state index is 0.0648. The molecule has 0 fully saturated rings. The zero-order valence-corrected chi connectivity index (χ0v) is 12.9. The lowest BCUT2D eigenvalue weighted by Gasteiger charge is -2.07. The molecule has 3 rings (SSSR count). The molecule has 0 spiro atoms. The first kappa shape index (κ1) is 16.1. The number of amides is 1. The average Bonchev–Trinajstić information content (AvgIpc) is 2.62. The monoisotopic (exact) mass is 335 g/mol. The molecule has 124 valence electrons. The van der Waals surface area contributed by atoms with Crippen LogP contribution in [0.2, 0.25) is 0 Å². The summed E-state index contributed by atoms with van der Waals surface area (Å²) in [6, 6.07) is 14.2. The van der Waals surface area contributed by atoms with Crippen LogP contribution in [0.4, 0.5) is 17.3 Å². The van der Waals surface area contributed by atoms with Crippen LogP contribution in [0.15, 0.2) is 60.8 Å². The fourth-order valence-electron chi connectivity index (χ4n) is 2.20. The largest absolute Gasteiger partial charge is 0.368 e. The third-order valence-electron chi connectivity index (χ3n) is 3.45. The highest BCUT2D eigenvalue weighted by atomic mass is 16.6. The van der Waals surface area contributed by atoms with Crippen LogP contribution in [0.25, 0.3) is 11.3 Å². The number of carbonyl (C=O) groups is 1. The number of aromatic nitrogens is 2. The van der Waals surface area contributed by atoms with Crippen LogP contribution in [0.5, 0.6) is 0 Å². The zero-order chi connectivity index (χ0) is 17.8. The van der Waals surface area contributed by atoms with Crippen LogP contribution in [0.1, 0.15) is 10.4 Å². The number of hydrogen-bond acceptors (Lipinski definition) is 6. The Hall–Kier alpha value is -3.81. The Morgan fingerprint density at radius 1 is 1.04 bits per heavy atom. The van der Waals surface area contributed by atoms with Gasteiger partial charge in [0.05, 0.1) is 10.6 Å². The normalized spacial score (nSPS) is 10.2. The van der Waals surface area contributed by atoms with E-state index in [0.717, 1.165) is 5.56 Å². The van der Waals surface area contributed by atoms with E-state index in [2.05, 4.69) is 15.3 Å². The van der Waals surface area contributed by atoms with Crippen LogP contribution in [0.3, 0.4) is 0 Å². The number of rotatable bonds is 4. The Morgan fingerprint density at radius 3 is 2.32 bits per heavy atom. The van der Waals surface area contributed by atoms with E-state index in [4.69, 9.17) is 5.73 Å². The Kier molecular flexibility index (Phi) is 4.34. The summed E-state index contributed by atoms with van der Waals surface area (Å²) in [4.78, 5) is 30.3. The molecule has 3 aromatic rings. The molecule has 0 saturated heterocycles. The lowest BCUT2D eigenvalue weighted by atomic mass is 10.1. The number of nitrogens with one attached hydrogen (secondary N) is 1. The van der Waals surface area contributed by atoms with Crippen molar-refractivity contribution in [3.63, 3.8) is 0 Å². The number of non-ortho nitro benzene ring substituents is 1. The summed E-state index contributed by atoms with van der Waals surface area (Å²) in [6.07, 6.45) is 1.57. The van der Waals surface area contributed by atoms with E-state index in [9.17, 15) is 14.9 Å². The van der Waals surface area contributed by atoms with Gasteiger partial charge in [-0.3, -0.25) is 14.9 Å². The number of nitro benzene ring substituents is 1. The molecule has 8 heteroatoms. The second-order valence-corrected chi connectivity index (χ2v) is 5.14. The fraction of sp³-hybridized carbons (Fsp3) is 0. The van der Waals surface area contributed by atoms with Crippen molar-refractivity contribution < 1.29 is 9.72 Å². The summed E-state index contributed by atoms with van der Waals surface area (Å²) in [6.45, 7) is 0. The third-order valence-corrected chi connectivity index (χ3v) is 3.45. The number of nitrogens with two attached hydrogens (primary N) is 1. The summed E-state index contributed by atoms with van der Waals surface area (Å²) in [7, 11) is 0. The minimum Gasteiger partial charge on any atom is -0.368 e. The molecule has 1 heterocycles. The molecule has 25 heavy (non-hydrogen) atoms. The van der Waals surface area contributed by atoms with E-state index < -0.39 is 4.92 Å². The van der Waals surface area contributed by atoms with Gasteiger partial charge in [-0.25, -0.2) is 9.97 Å². The van der Waals surface area contributed by atoms with Crippen LogP contribution < -0.4 is 11.1 Å². The maximum absolute atomic E-state index is 12.2. The SMILES string of the molecule is Nc1nccc(-c2ccc(NC(=O)c3ccc([N+](=O)[O-])cc3)cc2)n1. The molecular formula is C17H13N5O3. The van der Waals surface area contributed by atoms with Gasteiger partial charge >= 0.3 is 0 Å². The summed E-state index contributed by atoms with van der Waals surface area (Å²) in [5.41, 5.74) is 7.94. The van der Waals surface area contributed by atoms with Crippen molar-refractivity contribution in [1.29, 1.82) is 0 Å². The van der Waals surface area contributed by atoms with Gasteiger partial charge < -0.3 is 11.1 Å². The average molecular weight is 335 g/mol. The van der Waals surface area contributed by atoms with E-state index in [-0.39, 0.29) is 17.5 Å². The second kappa shape index (κ2) is 6.75. The maximum atomic E-state index is 12.2. The minimum atomic E-state index is -0.514. The van der Waals surface area contributed by atoms with E-state index in [1.165, 1.54) is 24.3 Å². The molecular weight excluding hydrogens is 322 g/mol. The predicted molar refractivity (Wildman–Crippen MR) is 92.9 cm³/mol. The second-order valence-electron chi connectivity index (χ2n) is 5.14. The Morgan fingerprint density at radius 2 is 1.72 bits per heavy atom. The summed E-state index contributed by atoms with van der Waals surface area (Å²) < 4.78 is 0. The smallest absolute Gasteiger partial charge is 0.269 e. The Labute approximate surface area is 142 Å². The number of nitrogen functional groups attached to an aromatic ring is 1. The molecule has 0 saturated carbocycles. The molecule has 3 N–H and O–H groups in total. The van der Waals surface area contributed by atoms with Gasteiger partial charge in [0, 0.05) is 35.1 Å². The van der Waals surface area contributed by atoms with E-state index in [1.54, 1.807) is 36.5 Å². The highest BCUT2D eigenvalue weighted by molar-refractivity contribution is 6.04. The third kappa shape index (κ3) is 3.75. The van der Waals surface area contributed by atoms with Gasteiger partial charge in [-0.15, -0.1) is 0 Å². The maximum Gasteiger partial charge on any atom is 0.269 e. The predicted octanol–water partition coefficient (Wildman–Crippen LogP) is 2.89. The number of anilines is 2. The summed E-state index contributed by atoms with van der Waals surface area (Å²) in [5, 5.41) is 13.4. The molecule has 2 aromatic carbocycles. The molecule has 0 aliphatic carbocycles. The van der Waals surface area contributed by atoms with Gasteiger partial charge in [-0.05, 0) is 30.3 Å². The first-order valence-corrected chi connectivity index (χ1v) is 7.28. The van der Waals surface area contributed by atoms with E-state index in [0.29, 0.717) is 16.9 Å². The first-order chi connectivity index (χ1) is 12.0. The number of benzene rings is 2. The fourth-order valence-corrected chi connectivity index (χ4v) is 2.20. The van der Waals surface area contributed by atoms with Crippen LogP contribution in [-0.4, -0.2) is 20.8 Å². The molecule has 0 aliphatic heterocycles. The molecule has 0 atom stereocenters. The standard InChI is InChI=1S/C17H13N5O3/c18-17-19-10-9-15(21-17)11-1-5-13(6-2-11)20-16(23)12-3-7-14(8-4-12)22(24)25/h1-10H,(H,20,23)(H2,18,19,21).